The van der Waals surface area contributed by atoms with Crippen molar-refractivity contribution >= 4 is 0 Å². The van der Waals surface area contributed by atoms with Crippen molar-refractivity contribution < 1.29 is 17.9 Å². The maximum absolute atomic E-state index is 11.9. The minimum absolute atomic E-state index is 0.366. The molecule has 5 heteroatoms. The van der Waals surface area contributed by atoms with Gasteiger partial charge in [0.2, 0.25) is 5.88 Å². The minimum atomic E-state index is -4.68. The molecule has 1 aromatic rings. The molecule has 1 heterocycles. The Morgan fingerprint density at radius 2 is 1.79 bits per heavy atom. The molecule has 2 nitrogen and oxygen atoms in total. The molecule has 0 unspecified atom stereocenters. The highest BCUT2D eigenvalue weighted by molar-refractivity contribution is 5.34. The zero-order valence-corrected chi connectivity index (χ0v) is 8.07. The molecular formula is C9H10F3NO. The molecule has 0 fully saturated rings. The maximum atomic E-state index is 11.9. The molecule has 0 saturated heterocycles. The van der Waals surface area contributed by atoms with E-state index in [4.69, 9.17) is 0 Å². The van der Waals surface area contributed by atoms with Crippen LogP contribution in [0.1, 0.15) is 16.8 Å². The predicted molar refractivity (Wildman–Crippen MR) is 45.1 cm³/mol. The van der Waals surface area contributed by atoms with Crippen LogP contribution in [0.4, 0.5) is 13.2 Å². The second kappa shape index (κ2) is 3.48. The van der Waals surface area contributed by atoms with E-state index in [2.05, 4.69) is 9.72 Å². The zero-order valence-electron chi connectivity index (χ0n) is 8.07. The summed E-state index contributed by atoms with van der Waals surface area (Å²) in [6, 6.07) is 1.71. The quantitative estimate of drug-likeness (QED) is 0.703. The smallest absolute Gasteiger partial charge is 0.388 e. The van der Waals surface area contributed by atoms with Crippen LogP contribution >= 0.6 is 0 Å². The van der Waals surface area contributed by atoms with Gasteiger partial charge in [-0.25, -0.2) is 4.98 Å². The largest absolute Gasteiger partial charge is 0.574 e. The number of hydrogen-bond acceptors (Lipinski definition) is 2. The molecule has 0 aliphatic heterocycles. The minimum Gasteiger partial charge on any atom is -0.388 e. The van der Waals surface area contributed by atoms with Gasteiger partial charge in [0.25, 0.3) is 0 Å². The lowest BCUT2D eigenvalue weighted by Gasteiger charge is -2.12. The van der Waals surface area contributed by atoms with E-state index in [0.29, 0.717) is 11.3 Å². The molecule has 0 saturated carbocycles. The molecule has 0 atom stereocenters. The highest BCUT2D eigenvalue weighted by Gasteiger charge is 2.32. The van der Waals surface area contributed by atoms with Gasteiger partial charge in [0.1, 0.15) is 0 Å². The monoisotopic (exact) mass is 205 g/mol. The van der Waals surface area contributed by atoms with Gasteiger partial charge in [-0.15, -0.1) is 13.2 Å². The van der Waals surface area contributed by atoms with Crippen molar-refractivity contribution in [1.29, 1.82) is 0 Å². The summed E-state index contributed by atoms with van der Waals surface area (Å²) < 4.78 is 39.6. The van der Waals surface area contributed by atoms with Crippen molar-refractivity contribution in [2.75, 3.05) is 0 Å². The topological polar surface area (TPSA) is 22.1 Å². The van der Waals surface area contributed by atoms with Gasteiger partial charge in [0, 0.05) is 11.3 Å². The van der Waals surface area contributed by atoms with Gasteiger partial charge < -0.3 is 4.74 Å². The van der Waals surface area contributed by atoms with Gasteiger partial charge in [0.15, 0.2) is 0 Å². The van der Waals surface area contributed by atoms with Crippen molar-refractivity contribution in [3.05, 3.63) is 22.9 Å². The first-order valence-electron chi connectivity index (χ1n) is 4.00. The molecule has 0 spiro atoms. The van der Waals surface area contributed by atoms with Gasteiger partial charge >= 0.3 is 6.36 Å². The second-order valence-electron chi connectivity index (χ2n) is 3.06. The number of nitrogens with zero attached hydrogens (tertiary/aromatic N) is 1. The van der Waals surface area contributed by atoms with Crippen LogP contribution in [0.5, 0.6) is 5.88 Å². The van der Waals surface area contributed by atoms with E-state index in [0.717, 1.165) is 5.56 Å². The van der Waals surface area contributed by atoms with E-state index < -0.39 is 6.36 Å². The average Bonchev–Trinajstić information content (AvgIpc) is 1.96. The number of pyridine rings is 1. The standard InChI is InChI=1S/C9H10F3NO/c1-5-4-6(2)13-8(7(5)3)14-9(10,11)12/h4H,1-3H3. The second-order valence-corrected chi connectivity index (χ2v) is 3.06. The predicted octanol–water partition coefficient (Wildman–Crippen LogP) is 2.91. The summed E-state index contributed by atoms with van der Waals surface area (Å²) in [5, 5.41) is 0. The number of aromatic nitrogens is 1. The maximum Gasteiger partial charge on any atom is 0.574 e. The first-order chi connectivity index (χ1) is 6.29. The van der Waals surface area contributed by atoms with E-state index in [1.165, 1.54) is 0 Å². The fraction of sp³-hybridized carbons (Fsp3) is 0.444. The van der Waals surface area contributed by atoms with E-state index in [1.54, 1.807) is 26.8 Å². The number of rotatable bonds is 1. The highest BCUT2D eigenvalue weighted by Crippen LogP contribution is 2.26. The Hall–Kier alpha value is -1.26. The molecule has 78 valence electrons. The summed E-state index contributed by atoms with van der Waals surface area (Å²) in [5.74, 6) is -0.366. The van der Waals surface area contributed by atoms with Crippen molar-refractivity contribution in [1.82, 2.24) is 4.98 Å². The molecule has 0 N–H and O–H groups in total. The molecule has 1 aromatic heterocycles. The van der Waals surface area contributed by atoms with E-state index >= 15 is 0 Å². The normalized spacial score (nSPS) is 11.6. The van der Waals surface area contributed by atoms with Crippen molar-refractivity contribution in [2.24, 2.45) is 0 Å². The van der Waals surface area contributed by atoms with Crippen LogP contribution in [0.25, 0.3) is 0 Å². The zero-order chi connectivity index (χ0) is 10.9. The molecule has 0 aliphatic rings. The van der Waals surface area contributed by atoms with Crippen molar-refractivity contribution in [3.8, 4) is 5.88 Å². The van der Waals surface area contributed by atoms with Crippen LogP contribution in [0.2, 0.25) is 0 Å². The SMILES string of the molecule is Cc1cc(C)c(C)c(OC(F)(F)F)n1. The average molecular weight is 205 g/mol. The van der Waals surface area contributed by atoms with Crippen LogP contribution in [0, 0.1) is 20.8 Å². The fourth-order valence-corrected chi connectivity index (χ4v) is 1.08. The summed E-state index contributed by atoms with van der Waals surface area (Å²) in [7, 11) is 0. The van der Waals surface area contributed by atoms with Gasteiger partial charge in [-0.3, -0.25) is 0 Å². The van der Waals surface area contributed by atoms with Crippen LogP contribution in [-0.4, -0.2) is 11.3 Å². The molecule has 0 radical (unpaired) electrons. The third-order valence-corrected chi connectivity index (χ3v) is 1.83. The van der Waals surface area contributed by atoms with E-state index in [1.807, 2.05) is 0 Å². The van der Waals surface area contributed by atoms with Crippen LogP contribution < -0.4 is 4.74 Å². The Balaban J connectivity index is 3.09. The summed E-state index contributed by atoms with van der Waals surface area (Å²) in [5.41, 5.74) is 1.65. The van der Waals surface area contributed by atoms with E-state index in [-0.39, 0.29) is 5.88 Å². The molecule has 0 amide bonds. The Kier molecular flexibility index (Phi) is 2.69. The summed E-state index contributed by atoms with van der Waals surface area (Å²) in [4.78, 5) is 3.68. The van der Waals surface area contributed by atoms with Gasteiger partial charge in [-0.05, 0) is 32.4 Å². The van der Waals surface area contributed by atoms with Gasteiger partial charge in [-0.1, -0.05) is 0 Å². The van der Waals surface area contributed by atoms with Gasteiger partial charge in [-0.2, -0.15) is 0 Å². The number of aryl methyl sites for hydroxylation is 2. The molecular weight excluding hydrogens is 195 g/mol. The van der Waals surface area contributed by atoms with Gasteiger partial charge in [0.05, 0.1) is 0 Å². The van der Waals surface area contributed by atoms with Crippen LogP contribution in [0.3, 0.4) is 0 Å². The summed E-state index contributed by atoms with van der Waals surface area (Å²) in [6.45, 7) is 4.88. The lowest BCUT2D eigenvalue weighted by atomic mass is 10.1. The number of ether oxygens (including phenoxy) is 1. The molecule has 14 heavy (non-hydrogen) atoms. The first kappa shape index (κ1) is 10.8. The summed E-state index contributed by atoms with van der Waals surface area (Å²) in [6.07, 6.45) is -4.68. The molecule has 1 rings (SSSR count). The Morgan fingerprint density at radius 1 is 1.21 bits per heavy atom. The Labute approximate surface area is 79.7 Å². The van der Waals surface area contributed by atoms with E-state index in [9.17, 15) is 13.2 Å². The number of alkyl halides is 3. The lowest BCUT2D eigenvalue weighted by Crippen LogP contribution is -2.19. The Morgan fingerprint density at radius 3 is 2.29 bits per heavy atom. The first-order valence-corrected chi connectivity index (χ1v) is 4.00. The molecule has 0 aromatic carbocycles. The van der Waals surface area contributed by atoms with Crippen molar-refractivity contribution in [3.63, 3.8) is 0 Å². The Bertz CT molecular complexity index is 347. The fourth-order valence-electron chi connectivity index (χ4n) is 1.08. The molecule has 0 aliphatic carbocycles. The van der Waals surface area contributed by atoms with Crippen molar-refractivity contribution in [2.45, 2.75) is 27.1 Å². The third kappa shape index (κ3) is 2.61. The number of hydrogen-bond donors (Lipinski definition) is 0. The van der Waals surface area contributed by atoms with Crippen LogP contribution in [-0.2, 0) is 0 Å². The third-order valence-electron chi connectivity index (χ3n) is 1.83. The number of halogens is 3. The van der Waals surface area contributed by atoms with Crippen LogP contribution in [0.15, 0.2) is 6.07 Å². The lowest BCUT2D eigenvalue weighted by molar-refractivity contribution is -0.276. The highest BCUT2D eigenvalue weighted by atomic mass is 19.4. The molecule has 0 bridgehead atoms. The summed E-state index contributed by atoms with van der Waals surface area (Å²) >= 11 is 0.